The summed E-state index contributed by atoms with van der Waals surface area (Å²) in [5.41, 5.74) is 8.22. The van der Waals surface area contributed by atoms with Gasteiger partial charge < -0.3 is 10.5 Å². The van der Waals surface area contributed by atoms with Crippen molar-refractivity contribution in [3.63, 3.8) is 0 Å². The van der Waals surface area contributed by atoms with Crippen LogP contribution in [0.1, 0.15) is 16.7 Å². The van der Waals surface area contributed by atoms with Crippen molar-refractivity contribution in [2.24, 2.45) is 5.73 Å². The lowest BCUT2D eigenvalue weighted by atomic mass is 10.1. The molecule has 1 amide bonds. The minimum Gasteiger partial charge on any atom is -0.484 e. The highest BCUT2D eigenvalue weighted by Gasteiger charge is 2.16. The average Bonchev–Trinajstić information content (AvgIpc) is 2.49. The lowest BCUT2D eigenvalue weighted by Gasteiger charge is -2.12. The third-order valence-electron chi connectivity index (χ3n) is 3.59. The Bertz CT molecular complexity index is 876. The number of carbonyl (C=O) groups excluding carboxylic acids is 1. The molecule has 0 saturated carbocycles. The van der Waals surface area contributed by atoms with Crippen molar-refractivity contribution in [3.8, 4) is 5.75 Å². The zero-order valence-corrected chi connectivity index (χ0v) is 14.6. The fourth-order valence-electron chi connectivity index (χ4n) is 2.12. The molecule has 0 fully saturated rings. The molecule has 6 nitrogen and oxygen atoms in total. The number of carbonyl (C=O) groups is 1. The van der Waals surface area contributed by atoms with E-state index in [2.05, 4.69) is 4.72 Å². The molecule has 0 aromatic heterocycles. The van der Waals surface area contributed by atoms with Crippen LogP contribution in [0.2, 0.25) is 0 Å². The molecule has 0 bridgehead atoms. The van der Waals surface area contributed by atoms with E-state index in [0.29, 0.717) is 17.0 Å². The topological polar surface area (TPSA) is 98.5 Å². The van der Waals surface area contributed by atoms with Crippen molar-refractivity contribution in [1.29, 1.82) is 0 Å². The van der Waals surface area contributed by atoms with E-state index in [0.717, 1.165) is 11.1 Å². The molecular formula is C17H20N2O4S. The first kappa shape index (κ1) is 17.8. The number of anilines is 1. The molecule has 0 unspecified atom stereocenters. The number of amides is 1. The maximum absolute atomic E-state index is 12.5. The summed E-state index contributed by atoms with van der Waals surface area (Å²) in [5, 5.41) is 0. The summed E-state index contributed by atoms with van der Waals surface area (Å²) in [6.07, 6.45) is 0. The molecule has 0 spiro atoms. The highest BCUT2D eigenvalue weighted by molar-refractivity contribution is 7.92. The molecule has 128 valence electrons. The fourth-order valence-corrected chi connectivity index (χ4v) is 3.25. The minimum atomic E-state index is -3.71. The Morgan fingerprint density at radius 2 is 1.75 bits per heavy atom. The molecule has 0 saturated heterocycles. The molecule has 0 aliphatic carbocycles. The Morgan fingerprint density at radius 3 is 2.33 bits per heavy atom. The Kier molecular flexibility index (Phi) is 5.14. The maximum atomic E-state index is 12.5. The predicted octanol–water partition coefficient (Wildman–Crippen LogP) is 2.28. The van der Waals surface area contributed by atoms with E-state index in [1.54, 1.807) is 19.1 Å². The Labute approximate surface area is 141 Å². The van der Waals surface area contributed by atoms with E-state index in [1.807, 2.05) is 19.9 Å². The van der Waals surface area contributed by atoms with Crippen LogP contribution in [0, 0.1) is 20.8 Å². The largest absolute Gasteiger partial charge is 0.484 e. The van der Waals surface area contributed by atoms with E-state index in [-0.39, 0.29) is 11.5 Å². The first-order valence-corrected chi connectivity index (χ1v) is 8.79. The van der Waals surface area contributed by atoms with E-state index >= 15 is 0 Å². The molecule has 2 aromatic carbocycles. The van der Waals surface area contributed by atoms with Gasteiger partial charge in [-0.25, -0.2) is 8.42 Å². The first-order valence-electron chi connectivity index (χ1n) is 7.31. The molecule has 2 aromatic rings. The number of ether oxygens (including phenoxy) is 1. The number of sulfonamides is 1. The van der Waals surface area contributed by atoms with Crippen molar-refractivity contribution >= 4 is 21.6 Å². The SMILES string of the molecule is Cc1ccc(NS(=O)(=O)c2ccc(OCC(N)=O)c(C)c2)cc1C. The number of rotatable bonds is 6. The number of hydrogen-bond donors (Lipinski definition) is 2. The van der Waals surface area contributed by atoms with Crippen molar-refractivity contribution in [1.82, 2.24) is 0 Å². The van der Waals surface area contributed by atoms with Gasteiger partial charge in [-0.1, -0.05) is 6.07 Å². The molecule has 0 heterocycles. The van der Waals surface area contributed by atoms with E-state index in [1.165, 1.54) is 18.2 Å². The summed E-state index contributed by atoms with van der Waals surface area (Å²) in [5.74, 6) is -0.179. The van der Waals surface area contributed by atoms with Gasteiger partial charge in [-0.2, -0.15) is 0 Å². The van der Waals surface area contributed by atoms with Crippen LogP contribution in [0.4, 0.5) is 5.69 Å². The molecule has 0 aliphatic rings. The van der Waals surface area contributed by atoms with Gasteiger partial charge in [-0.05, 0) is 67.8 Å². The second kappa shape index (κ2) is 6.92. The van der Waals surface area contributed by atoms with Crippen molar-refractivity contribution < 1.29 is 17.9 Å². The van der Waals surface area contributed by atoms with E-state index < -0.39 is 15.9 Å². The van der Waals surface area contributed by atoms with Gasteiger partial charge in [0.1, 0.15) is 5.75 Å². The van der Waals surface area contributed by atoms with Crippen LogP contribution in [-0.2, 0) is 14.8 Å². The third kappa shape index (κ3) is 4.26. The lowest BCUT2D eigenvalue weighted by molar-refractivity contribution is -0.119. The maximum Gasteiger partial charge on any atom is 0.261 e. The normalized spacial score (nSPS) is 11.1. The number of nitrogens with one attached hydrogen (secondary N) is 1. The van der Waals surface area contributed by atoms with Gasteiger partial charge >= 0.3 is 0 Å². The number of benzene rings is 2. The zero-order chi connectivity index (χ0) is 17.9. The van der Waals surface area contributed by atoms with Crippen LogP contribution >= 0.6 is 0 Å². The molecule has 3 N–H and O–H groups in total. The van der Waals surface area contributed by atoms with Gasteiger partial charge in [0.2, 0.25) is 0 Å². The van der Waals surface area contributed by atoms with Crippen molar-refractivity contribution in [2.75, 3.05) is 11.3 Å². The average molecular weight is 348 g/mol. The molecule has 24 heavy (non-hydrogen) atoms. The van der Waals surface area contributed by atoms with Crippen LogP contribution < -0.4 is 15.2 Å². The monoisotopic (exact) mass is 348 g/mol. The fraction of sp³-hybridized carbons (Fsp3) is 0.235. The molecule has 0 atom stereocenters. The predicted molar refractivity (Wildman–Crippen MR) is 92.6 cm³/mol. The van der Waals surface area contributed by atoms with Gasteiger partial charge in [0.15, 0.2) is 6.61 Å². The lowest BCUT2D eigenvalue weighted by Crippen LogP contribution is -2.20. The van der Waals surface area contributed by atoms with Crippen molar-refractivity contribution in [3.05, 3.63) is 53.1 Å². The molecular weight excluding hydrogens is 328 g/mol. The minimum absolute atomic E-state index is 0.115. The Balaban J connectivity index is 2.24. The number of aryl methyl sites for hydroxylation is 3. The standard InChI is InChI=1S/C17H20N2O4S/c1-11-4-5-14(8-12(11)2)19-24(21,22)15-6-7-16(13(3)9-15)23-10-17(18)20/h4-9,19H,10H2,1-3H3,(H2,18,20). The molecule has 0 aliphatic heterocycles. The van der Waals surface area contributed by atoms with Crippen LogP contribution in [0.5, 0.6) is 5.75 Å². The second-order valence-electron chi connectivity index (χ2n) is 5.59. The summed E-state index contributed by atoms with van der Waals surface area (Å²) < 4.78 is 32.8. The number of nitrogens with two attached hydrogens (primary N) is 1. The quantitative estimate of drug-likeness (QED) is 0.836. The van der Waals surface area contributed by atoms with Crippen LogP contribution in [0.15, 0.2) is 41.3 Å². The van der Waals surface area contributed by atoms with E-state index in [9.17, 15) is 13.2 Å². The second-order valence-corrected chi connectivity index (χ2v) is 7.27. The van der Waals surface area contributed by atoms with Gasteiger partial charge in [0.05, 0.1) is 4.90 Å². The number of hydrogen-bond acceptors (Lipinski definition) is 4. The van der Waals surface area contributed by atoms with Crippen LogP contribution in [-0.4, -0.2) is 20.9 Å². The first-order chi connectivity index (χ1) is 11.2. The zero-order valence-electron chi connectivity index (χ0n) is 13.8. The summed E-state index contributed by atoms with van der Waals surface area (Å²) in [7, 11) is -3.71. The third-order valence-corrected chi connectivity index (χ3v) is 4.96. The number of primary amides is 1. The highest BCUT2D eigenvalue weighted by Crippen LogP contribution is 2.24. The molecule has 7 heteroatoms. The Hall–Kier alpha value is -2.54. The van der Waals surface area contributed by atoms with Gasteiger partial charge in [0, 0.05) is 5.69 Å². The van der Waals surface area contributed by atoms with Gasteiger partial charge in [0.25, 0.3) is 15.9 Å². The Morgan fingerprint density at radius 1 is 1.04 bits per heavy atom. The smallest absolute Gasteiger partial charge is 0.261 e. The molecule has 0 radical (unpaired) electrons. The van der Waals surface area contributed by atoms with Crippen molar-refractivity contribution in [2.45, 2.75) is 25.7 Å². The van der Waals surface area contributed by atoms with Crippen LogP contribution in [0.25, 0.3) is 0 Å². The van der Waals surface area contributed by atoms with Gasteiger partial charge in [-0.3, -0.25) is 9.52 Å². The van der Waals surface area contributed by atoms with Crippen LogP contribution in [0.3, 0.4) is 0 Å². The highest BCUT2D eigenvalue weighted by atomic mass is 32.2. The summed E-state index contributed by atoms with van der Waals surface area (Å²) in [6, 6.07) is 9.78. The summed E-state index contributed by atoms with van der Waals surface area (Å²) >= 11 is 0. The molecule has 2 rings (SSSR count). The van der Waals surface area contributed by atoms with E-state index in [4.69, 9.17) is 10.5 Å². The van der Waals surface area contributed by atoms with Gasteiger partial charge in [-0.15, -0.1) is 0 Å². The summed E-state index contributed by atoms with van der Waals surface area (Å²) in [6.45, 7) is 5.32. The summed E-state index contributed by atoms with van der Waals surface area (Å²) in [4.78, 5) is 10.9.